The van der Waals surface area contributed by atoms with Crippen LogP contribution in [0, 0.1) is 13.8 Å². The molecule has 0 amide bonds. The fraction of sp³-hybridized carbons (Fsp3) is 0.643. The van der Waals surface area contributed by atoms with E-state index in [0.29, 0.717) is 0 Å². The molecule has 0 unspecified atom stereocenters. The zero-order chi connectivity index (χ0) is 12.0. The lowest BCUT2D eigenvalue weighted by Gasteiger charge is -2.12. The Morgan fingerprint density at radius 3 is 2.56 bits per heavy atom. The second-order valence-electron chi connectivity index (χ2n) is 4.44. The van der Waals surface area contributed by atoms with Gasteiger partial charge in [-0.1, -0.05) is 26.2 Å². The molecule has 0 aromatic carbocycles. The van der Waals surface area contributed by atoms with Gasteiger partial charge in [0.2, 0.25) is 0 Å². The van der Waals surface area contributed by atoms with E-state index in [1.807, 2.05) is 0 Å². The van der Waals surface area contributed by atoms with Crippen LogP contribution >= 0.6 is 0 Å². The summed E-state index contributed by atoms with van der Waals surface area (Å²) in [6.45, 7) is 6.48. The molecular weight excluding hydrogens is 198 g/mol. The predicted molar refractivity (Wildman–Crippen MR) is 67.5 cm³/mol. The van der Waals surface area contributed by atoms with Crippen molar-refractivity contribution in [2.75, 3.05) is 0 Å². The molecule has 1 N–H and O–H groups in total. The molecule has 90 valence electrons. The van der Waals surface area contributed by atoms with E-state index in [4.69, 9.17) is 0 Å². The molecule has 1 aromatic rings. The standard InChI is InChI=1S/C14H23NO/c1-4-5-6-7-8-14-11(2)13(10-16)9-15-12(14)3/h9,16H,4-8,10H2,1-3H3. The number of aliphatic hydroxyl groups is 1. The summed E-state index contributed by atoms with van der Waals surface area (Å²) >= 11 is 0. The summed E-state index contributed by atoms with van der Waals surface area (Å²) in [5.74, 6) is 0. The molecule has 0 radical (unpaired) electrons. The van der Waals surface area contributed by atoms with Gasteiger partial charge in [0.15, 0.2) is 0 Å². The minimum atomic E-state index is 0.0983. The summed E-state index contributed by atoms with van der Waals surface area (Å²) in [7, 11) is 0. The van der Waals surface area contributed by atoms with Crippen molar-refractivity contribution in [2.24, 2.45) is 0 Å². The number of nitrogens with zero attached hydrogens (tertiary/aromatic N) is 1. The number of aryl methyl sites for hydroxylation is 1. The van der Waals surface area contributed by atoms with Crippen LogP contribution in [0.15, 0.2) is 6.20 Å². The highest BCUT2D eigenvalue weighted by Gasteiger charge is 2.07. The molecule has 2 nitrogen and oxygen atoms in total. The first-order chi connectivity index (χ1) is 7.70. The largest absolute Gasteiger partial charge is 0.392 e. The third-order valence-electron chi connectivity index (χ3n) is 3.24. The van der Waals surface area contributed by atoms with Crippen molar-refractivity contribution in [3.05, 3.63) is 28.6 Å². The van der Waals surface area contributed by atoms with Crippen molar-refractivity contribution >= 4 is 0 Å². The molecule has 0 aliphatic carbocycles. The molecule has 0 aliphatic rings. The Morgan fingerprint density at radius 2 is 1.94 bits per heavy atom. The maximum Gasteiger partial charge on any atom is 0.0699 e. The third kappa shape index (κ3) is 3.31. The molecule has 0 atom stereocenters. The molecular formula is C14H23NO. The molecule has 0 saturated heterocycles. The summed E-state index contributed by atoms with van der Waals surface area (Å²) in [4.78, 5) is 4.35. The molecule has 0 aliphatic heterocycles. The fourth-order valence-corrected chi connectivity index (χ4v) is 2.07. The lowest BCUT2D eigenvalue weighted by molar-refractivity contribution is 0.280. The van der Waals surface area contributed by atoms with Crippen LogP contribution in [0.3, 0.4) is 0 Å². The Labute approximate surface area is 98.7 Å². The minimum absolute atomic E-state index is 0.0983. The van der Waals surface area contributed by atoms with E-state index in [9.17, 15) is 5.11 Å². The molecule has 0 saturated carbocycles. The van der Waals surface area contributed by atoms with Crippen LogP contribution in [0.4, 0.5) is 0 Å². The van der Waals surface area contributed by atoms with Gasteiger partial charge >= 0.3 is 0 Å². The van der Waals surface area contributed by atoms with E-state index in [1.54, 1.807) is 6.20 Å². The summed E-state index contributed by atoms with van der Waals surface area (Å²) in [6.07, 6.45) is 7.99. The van der Waals surface area contributed by atoms with Crippen molar-refractivity contribution in [1.82, 2.24) is 4.98 Å². The highest BCUT2D eigenvalue weighted by atomic mass is 16.3. The highest BCUT2D eigenvalue weighted by molar-refractivity contribution is 5.34. The maximum absolute atomic E-state index is 9.20. The first-order valence-corrected chi connectivity index (χ1v) is 6.25. The van der Waals surface area contributed by atoms with E-state index in [2.05, 4.69) is 25.8 Å². The van der Waals surface area contributed by atoms with Crippen LogP contribution in [0.25, 0.3) is 0 Å². The Kier molecular flexibility index (Phi) is 5.47. The number of pyridine rings is 1. The Hall–Kier alpha value is -0.890. The van der Waals surface area contributed by atoms with E-state index >= 15 is 0 Å². The topological polar surface area (TPSA) is 33.1 Å². The number of aromatic nitrogens is 1. The second kappa shape index (κ2) is 6.64. The quantitative estimate of drug-likeness (QED) is 0.748. The normalized spacial score (nSPS) is 10.8. The number of hydrogen-bond acceptors (Lipinski definition) is 2. The van der Waals surface area contributed by atoms with Crippen LogP contribution in [0.1, 0.15) is 55.0 Å². The lowest BCUT2D eigenvalue weighted by Crippen LogP contribution is -2.02. The van der Waals surface area contributed by atoms with Gasteiger partial charge in [-0.25, -0.2) is 0 Å². The Bertz CT molecular complexity index is 334. The SMILES string of the molecule is CCCCCCc1c(C)ncc(CO)c1C. The van der Waals surface area contributed by atoms with Gasteiger partial charge in [0.25, 0.3) is 0 Å². The van der Waals surface area contributed by atoms with E-state index in [-0.39, 0.29) is 6.61 Å². The van der Waals surface area contributed by atoms with Crippen LogP contribution in [-0.2, 0) is 13.0 Å². The van der Waals surface area contributed by atoms with Crippen LogP contribution in [0.5, 0.6) is 0 Å². The van der Waals surface area contributed by atoms with Gasteiger partial charge in [-0.05, 0) is 43.4 Å². The summed E-state index contributed by atoms with van der Waals surface area (Å²) in [6, 6.07) is 0. The van der Waals surface area contributed by atoms with Crippen molar-refractivity contribution in [3.8, 4) is 0 Å². The average molecular weight is 221 g/mol. The van der Waals surface area contributed by atoms with Gasteiger partial charge in [0.1, 0.15) is 0 Å². The summed E-state index contributed by atoms with van der Waals surface area (Å²) < 4.78 is 0. The second-order valence-corrected chi connectivity index (χ2v) is 4.44. The molecule has 0 fully saturated rings. The molecule has 0 bridgehead atoms. The van der Waals surface area contributed by atoms with Crippen LogP contribution < -0.4 is 0 Å². The Balaban J connectivity index is 2.70. The van der Waals surface area contributed by atoms with Crippen molar-refractivity contribution in [1.29, 1.82) is 0 Å². The number of aliphatic hydroxyl groups excluding tert-OH is 1. The van der Waals surface area contributed by atoms with E-state index < -0.39 is 0 Å². The van der Waals surface area contributed by atoms with Gasteiger partial charge < -0.3 is 5.11 Å². The lowest BCUT2D eigenvalue weighted by atomic mass is 9.98. The fourth-order valence-electron chi connectivity index (χ4n) is 2.07. The predicted octanol–water partition coefficient (Wildman–Crippen LogP) is 3.31. The highest BCUT2D eigenvalue weighted by Crippen LogP contribution is 2.18. The summed E-state index contributed by atoms with van der Waals surface area (Å²) in [5.41, 5.74) is 4.65. The third-order valence-corrected chi connectivity index (χ3v) is 3.24. The van der Waals surface area contributed by atoms with Gasteiger partial charge in [-0.3, -0.25) is 4.98 Å². The van der Waals surface area contributed by atoms with Crippen molar-refractivity contribution in [2.45, 2.75) is 59.5 Å². The number of rotatable bonds is 6. The molecule has 0 spiro atoms. The summed E-state index contributed by atoms with van der Waals surface area (Å²) in [5, 5.41) is 9.20. The van der Waals surface area contributed by atoms with Gasteiger partial charge in [-0.2, -0.15) is 0 Å². The molecule has 2 heteroatoms. The van der Waals surface area contributed by atoms with E-state index in [1.165, 1.54) is 36.8 Å². The number of unbranched alkanes of at least 4 members (excludes halogenated alkanes) is 3. The van der Waals surface area contributed by atoms with E-state index in [0.717, 1.165) is 17.7 Å². The monoisotopic (exact) mass is 221 g/mol. The van der Waals surface area contributed by atoms with Crippen LogP contribution in [-0.4, -0.2) is 10.1 Å². The maximum atomic E-state index is 9.20. The molecule has 1 heterocycles. The van der Waals surface area contributed by atoms with Crippen molar-refractivity contribution < 1.29 is 5.11 Å². The van der Waals surface area contributed by atoms with Gasteiger partial charge in [-0.15, -0.1) is 0 Å². The average Bonchev–Trinajstić information content (AvgIpc) is 2.28. The molecule has 16 heavy (non-hydrogen) atoms. The van der Waals surface area contributed by atoms with Gasteiger partial charge in [0.05, 0.1) is 6.61 Å². The number of hydrogen-bond donors (Lipinski definition) is 1. The Morgan fingerprint density at radius 1 is 1.19 bits per heavy atom. The first-order valence-electron chi connectivity index (χ1n) is 6.25. The smallest absolute Gasteiger partial charge is 0.0699 e. The first kappa shape index (κ1) is 13.2. The zero-order valence-corrected chi connectivity index (χ0v) is 10.7. The molecule has 1 aromatic heterocycles. The van der Waals surface area contributed by atoms with Crippen molar-refractivity contribution in [3.63, 3.8) is 0 Å². The minimum Gasteiger partial charge on any atom is -0.392 e. The molecule has 1 rings (SSSR count). The zero-order valence-electron chi connectivity index (χ0n) is 10.7. The van der Waals surface area contributed by atoms with Crippen LogP contribution in [0.2, 0.25) is 0 Å². The van der Waals surface area contributed by atoms with Gasteiger partial charge in [0, 0.05) is 11.9 Å².